The van der Waals surface area contributed by atoms with Crippen LogP contribution in [0.15, 0.2) is 6.07 Å². The van der Waals surface area contributed by atoms with Gasteiger partial charge in [0, 0.05) is 32.0 Å². The van der Waals surface area contributed by atoms with E-state index in [-0.39, 0.29) is 12.6 Å². The molecule has 1 aromatic heterocycles. The molecule has 0 aliphatic carbocycles. The van der Waals surface area contributed by atoms with E-state index in [1.54, 1.807) is 7.11 Å². The van der Waals surface area contributed by atoms with E-state index in [0.717, 1.165) is 18.7 Å². The number of nitrogens with one attached hydrogen (secondary N) is 2. The summed E-state index contributed by atoms with van der Waals surface area (Å²) in [7, 11) is 1.65. The average molecular weight is 254 g/mol. The molecule has 1 rings (SSSR count). The maximum absolute atomic E-state index is 9.28. The highest BCUT2D eigenvalue weighted by Crippen LogP contribution is 2.11. The molecule has 0 radical (unpaired) electrons. The Morgan fingerprint density at radius 3 is 2.83 bits per heavy atom. The van der Waals surface area contributed by atoms with E-state index in [9.17, 15) is 5.11 Å². The largest absolute Gasteiger partial charge is 0.394 e. The predicted molar refractivity (Wildman–Crippen MR) is 71.9 cm³/mol. The summed E-state index contributed by atoms with van der Waals surface area (Å²) in [6.07, 6.45) is 0.729. The fourth-order valence-electron chi connectivity index (χ4n) is 1.56. The number of anilines is 2. The number of rotatable bonds is 8. The van der Waals surface area contributed by atoms with E-state index in [1.165, 1.54) is 0 Å². The van der Waals surface area contributed by atoms with Gasteiger partial charge in [0.05, 0.1) is 12.6 Å². The van der Waals surface area contributed by atoms with Gasteiger partial charge in [0.25, 0.3) is 0 Å². The second kappa shape index (κ2) is 7.84. The number of aliphatic hydroxyl groups is 1. The molecular weight excluding hydrogens is 232 g/mol. The van der Waals surface area contributed by atoms with Gasteiger partial charge in [-0.2, -0.15) is 4.98 Å². The first-order valence-electron chi connectivity index (χ1n) is 6.15. The quantitative estimate of drug-likeness (QED) is 0.643. The topological polar surface area (TPSA) is 79.3 Å². The van der Waals surface area contributed by atoms with Gasteiger partial charge in [-0.25, -0.2) is 4.98 Å². The van der Waals surface area contributed by atoms with Gasteiger partial charge in [-0.3, -0.25) is 0 Å². The minimum Gasteiger partial charge on any atom is -0.394 e. The monoisotopic (exact) mass is 254 g/mol. The normalized spacial score (nSPS) is 12.2. The minimum atomic E-state index is -0.0614. The van der Waals surface area contributed by atoms with Crippen molar-refractivity contribution in [1.82, 2.24) is 9.97 Å². The third-order valence-electron chi connectivity index (χ3n) is 2.43. The molecule has 0 aliphatic rings. The molecule has 1 aromatic rings. The minimum absolute atomic E-state index is 0.0446. The lowest BCUT2D eigenvalue weighted by molar-refractivity contribution is 0.174. The summed E-state index contributed by atoms with van der Waals surface area (Å²) < 4.78 is 5.00. The Bertz CT molecular complexity index is 360. The second-order valence-electron chi connectivity index (χ2n) is 4.05. The van der Waals surface area contributed by atoms with Crippen molar-refractivity contribution in [3.8, 4) is 0 Å². The first-order chi connectivity index (χ1) is 8.69. The van der Waals surface area contributed by atoms with E-state index in [1.807, 2.05) is 19.9 Å². The summed E-state index contributed by atoms with van der Waals surface area (Å²) >= 11 is 0. The van der Waals surface area contributed by atoms with E-state index < -0.39 is 0 Å². The van der Waals surface area contributed by atoms with E-state index >= 15 is 0 Å². The molecule has 0 saturated carbocycles. The molecule has 0 aliphatic heterocycles. The van der Waals surface area contributed by atoms with Crippen LogP contribution in [0.25, 0.3) is 0 Å². The van der Waals surface area contributed by atoms with Crippen molar-refractivity contribution in [2.24, 2.45) is 0 Å². The van der Waals surface area contributed by atoms with Crippen LogP contribution in [0.3, 0.4) is 0 Å². The zero-order valence-corrected chi connectivity index (χ0v) is 11.2. The fraction of sp³-hybridized carbons (Fsp3) is 0.667. The number of hydrogen-bond acceptors (Lipinski definition) is 6. The number of ether oxygens (including phenoxy) is 1. The van der Waals surface area contributed by atoms with Gasteiger partial charge in [-0.15, -0.1) is 0 Å². The molecule has 6 heteroatoms. The van der Waals surface area contributed by atoms with E-state index in [2.05, 4.69) is 20.6 Å². The van der Waals surface area contributed by atoms with Crippen LogP contribution in [-0.2, 0) is 4.74 Å². The van der Waals surface area contributed by atoms with Gasteiger partial charge < -0.3 is 20.5 Å². The molecule has 0 amide bonds. The smallest absolute Gasteiger partial charge is 0.224 e. The van der Waals surface area contributed by atoms with Crippen molar-refractivity contribution in [1.29, 1.82) is 0 Å². The summed E-state index contributed by atoms with van der Waals surface area (Å²) in [4.78, 5) is 8.60. The number of methoxy groups -OCH3 is 1. The first kappa shape index (κ1) is 14.7. The molecule has 1 atom stereocenters. The van der Waals surface area contributed by atoms with Gasteiger partial charge in [-0.05, 0) is 20.3 Å². The maximum atomic E-state index is 9.28. The highest BCUT2D eigenvalue weighted by atomic mass is 16.5. The maximum Gasteiger partial charge on any atom is 0.224 e. The molecule has 1 heterocycles. The lowest BCUT2D eigenvalue weighted by atomic mass is 10.2. The van der Waals surface area contributed by atoms with Crippen LogP contribution >= 0.6 is 0 Å². The van der Waals surface area contributed by atoms with Crippen LogP contribution in [-0.4, -0.2) is 48.0 Å². The Labute approximate surface area is 108 Å². The summed E-state index contributed by atoms with van der Waals surface area (Å²) in [5.41, 5.74) is 0.881. The van der Waals surface area contributed by atoms with Gasteiger partial charge >= 0.3 is 0 Å². The van der Waals surface area contributed by atoms with Crippen molar-refractivity contribution in [3.63, 3.8) is 0 Å². The molecule has 18 heavy (non-hydrogen) atoms. The highest BCUT2D eigenvalue weighted by molar-refractivity contribution is 5.42. The Hall–Kier alpha value is -1.40. The van der Waals surface area contributed by atoms with Gasteiger partial charge in [0.2, 0.25) is 5.95 Å². The molecule has 3 N–H and O–H groups in total. The second-order valence-corrected chi connectivity index (χ2v) is 4.05. The Balaban J connectivity index is 2.69. The van der Waals surface area contributed by atoms with Crippen LogP contribution in [0.2, 0.25) is 0 Å². The van der Waals surface area contributed by atoms with Crippen LogP contribution in [0, 0.1) is 6.92 Å². The summed E-state index contributed by atoms with van der Waals surface area (Å²) in [6.45, 7) is 5.33. The fourth-order valence-corrected chi connectivity index (χ4v) is 1.56. The van der Waals surface area contributed by atoms with Crippen molar-refractivity contribution >= 4 is 11.8 Å². The lowest BCUT2D eigenvalue weighted by Crippen LogP contribution is -2.26. The average Bonchev–Trinajstić information content (AvgIpc) is 2.34. The molecule has 0 spiro atoms. The van der Waals surface area contributed by atoms with Gasteiger partial charge in [0.15, 0.2) is 0 Å². The number of nitrogens with zero attached hydrogens (tertiary/aromatic N) is 2. The van der Waals surface area contributed by atoms with E-state index in [4.69, 9.17) is 4.74 Å². The number of hydrogen-bond donors (Lipinski definition) is 3. The number of aliphatic hydroxyl groups excluding tert-OH is 1. The van der Waals surface area contributed by atoms with Crippen LogP contribution in [0.5, 0.6) is 0 Å². The first-order valence-corrected chi connectivity index (χ1v) is 6.15. The molecule has 0 aromatic carbocycles. The van der Waals surface area contributed by atoms with Crippen molar-refractivity contribution in [2.45, 2.75) is 26.3 Å². The third-order valence-corrected chi connectivity index (χ3v) is 2.43. The third kappa shape index (κ3) is 4.85. The van der Waals surface area contributed by atoms with Crippen LogP contribution < -0.4 is 10.6 Å². The number of aryl methyl sites for hydroxylation is 1. The van der Waals surface area contributed by atoms with Crippen molar-refractivity contribution < 1.29 is 9.84 Å². The Morgan fingerprint density at radius 1 is 1.44 bits per heavy atom. The molecule has 0 bridgehead atoms. The zero-order valence-electron chi connectivity index (χ0n) is 11.2. The Kier molecular flexibility index (Phi) is 6.38. The molecule has 1 unspecified atom stereocenters. The van der Waals surface area contributed by atoms with Crippen LogP contribution in [0.4, 0.5) is 11.8 Å². The molecule has 6 nitrogen and oxygen atoms in total. The summed E-state index contributed by atoms with van der Waals surface area (Å²) in [5.74, 6) is 1.32. The van der Waals surface area contributed by atoms with E-state index in [0.29, 0.717) is 18.4 Å². The van der Waals surface area contributed by atoms with Crippen LogP contribution in [0.1, 0.15) is 19.0 Å². The van der Waals surface area contributed by atoms with Gasteiger partial charge in [0.1, 0.15) is 5.82 Å². The lowest BCUT2D eigenvalue weighted by Gasteiger charge is -2.17. The molecule has 0 fully saturated rings. The summed E-state index contributed by atoms with van der Waals surface area (Å²) in [6, 6.07) is 1.80. The Morgan fingerprint density at radius 2 is 2.22 bits per heavy atom. The molecule has 102 valence electrons. The molecule has 0 saturated heterocycles. The van der Waals surface area contributed by atoms with Gasteiger partial charge in [-0.1, -0.05) is 0 Å². The number of aromatic nitrogens is 2. The van der Waals surface area contributed by atoms with Crippen molar-refractivity contribution in [3.05, 3.63) is 11.8 Å². The standard InChI is InChI=1S/C12H22N4O2/c1-4-13-12-14-9(2)7-11(16-12)15-10(8-17)5-6-18-3/h7,10,17H,4-6,8H2,1-3H3,(H2,13,14,15,16). The highest BCUT2D eigenvalue weighted by Gasteiger charge is 2.09. The predicted octanol–water partition coefficient (Wildman–Crippen LogP) is 1.03. The van der Waals surface area contributed by atoms with Crippen molar-refractivity contribution in [2.75, 3.05) is 37.5 Å². The summed E-state index contributed by atoms with van der Waals surface area (Å²) in [5, 5.41) is 15.5. The molecular formula is C12H22N4O2. The zero-order chi connectivity index (χ0) is 13.4. The SMILES string of the molecule is CCNc1nc(C)cc(NC(CO)CCOC)n1.